The second-order valence-electron chi connectivity index (χ2n) is 6.00. The van der Waals surface area contributed by atoms with E-state index in [4.69, 9.17) is 18.9 Å². The van der Waals surface area contributed by atoms with Gasteiger partial charge in [-0.25, -0.2) is 0 Å². The summed E-state index contributed by atoms with van der Waals surface area (Å²) >= 11 is 3.46. The summed E-state index contributed by atoms with van der Waals surface area (Å²) in [6, 6.07) is 8.67. The largest absolute Gasteiger partial charge is 0.493 e. The van der Waals surface area contributed by atoms with Gasteiger partial charge in [-0.3, -0.25) is 4.79 Å². The van der Waals surface area contributed by atoms with Crippen LogP contribution in [0.25, 0.3) is 0 Å². The maximum absolute atomic E-state index is 12.7. The number of ether oxygens (including phenoxy) is 4. The van der Waals surface area contributed by atoms with Gasteiger partial charge in [-0.15, -0.1) is 0 Å². The van der Waals surface area contributed by atoms with Crippen LogP contribution in [0.3, 0.4) is 0 Å². The highest BCUT2D eigenvalue weighted by Gasteiger charge is 2.17. The normalized spacial score (nSPS) is 12.4. The van der Waals surface area contributed by atoms with Gasteiger partial charge in [0.05, 0.1) is 19.4 Å². The molecule has 6 nitrogen and oxygen atoms in total. The van der Waals surface area contributed by atoms with Crippen molar-refractivity contribution < 1.29 is 23.7 Å². The summed E-state index contributed by atoms with van der Waals surface area (Å²) < 4.78 is 22.9. The Morgan fingerprint density at radius 2 is 1.89 bits per heavy atom. The fraction of sp³-hybridized carbons (Fsp3) is 0.350. The molecule has 0 aromatic heterocycles. The summed E-state index contributed by atoms with van der Waals surface area (Å²) in [6.07, 6.45) is 2.01. The summed E-state index contributed by atoms with van der Waals surface area (Å²) in [6.45, 7) is 3.71. The third-order valence-electron chi connectivity index (χ3n) is 4.06. The lowest BCUT2D eigenvalue weighted by atomic mass is 10.1. The van der Waals surface area contributed by atoms with Crippen molar-refractivity contribution in [3.8, 4) is 23.0 Å². The number of rotatable bonds is 7. The lowest BCUT2D eigenvalue weighted by Gasteiger charge is -2.20. The van der Waals surface area contributed by atoms with Crippen LogP contribution in [0.15, 0.2) is 34.8 Å². The molecule has 1 amide bonds. The van der Waals surface area contributed by atoms with Crippen LogP contribution in [0.2, 0.25) is 0 Å². The molecule has 0 unspecified atom stereocenters. The van der Waals surface area contributed by atoms with E-state index in [1.54, 1.807) is 37.4 Å². The number of halogens is 1. The van der Waals surface area contributed by atoms with E-state index in [0.717, 1.165) is 12.8 Å². The van der Waals surface area contributed by atoms with E-state index < -0.39 is 0 Å². The number of hydrogen-bond acceptors (Lipinski definition) is 5. The van der Waals surface area contributed by atoms with Crippen LogP contribution in [0.1, 0.15) is 30.1 Å². The molecule has 7 heteroatoms. The molecule has 1 aliphatic heterocycles. The molecule has 27 heavy (non-hydrogen) atoms. The molecule has 0 atom stereocenters. The summed E-state index contributed by atoms with van der Waals surface area (Å²) in [4.78, 5) is 12.7. The quantitative estimate of drug-likeness (QED) is 0.640. The standard InChI is InChI=1S/C20H22BrNO5/c1-3-4-7-25-16-6-5-13(10-17(16)24-2)20(23)22-15-12-19-18(11-14(15)21)26-8-9-27-19/h5-6,10-12H,3-4,7-9H2,1-2H3,(H,22,23). The van der Waals surface area contributed by atoms with E-state index in [-0.39, 0.29) is 5.91 Å². The van der Waals surface area contributed by atoms with Gasteiger partial charge in [-0.1, -0.05) is 13.3 Å². The van der Waals surface area contributed by atoms with E-state index in [1.807, 2.05) is 0 Å². The average Bonchev–Trinajstić information content (AvgIpc) is 2.68. The number of fused-ring (bicyclic) bond motifs is 1. The van der Waals surface area contributed by atoms with Crippen LogP contribution in [-0.2, 0) is 0 Å². The Balaban J connectivity index is 1.76. The predicted molar refractivity (Wildman–Crippen MR) is 106 cm³/mol. The summed E-state index contributed by atoms with van der Waals surface area (Å²) in [7, 11) is 1.56. The minimum atomic E-state index is -0.259. The maximum Gasteiger partial charge on any atom is 0.255 e. The predicted octanol–water partition coefficient (Wildman–Crippen LogP) is 4.66. The van der Waals surface area contributed by atoms with Crippen molar-refractivity contribution in [1.82, 2.24) is 0 Å². The Kier molecular flexibility index (Phi) is 6.45. The van der Waals surface area contributed by atoms with Gasteiger partial charge in [0.1, 0.15) is 13.2 Å². The molecule has 144 valence electrons. The number of hydrogen-bond donors (Lipinski definition) is 1. The van der Waals surface area contributed by atoms with Crippen LogP contribution in [0.4, 0.5) is 5.69 Å². The zero-order valence-electron chi connectivity index (χ0n) is 15.3. The molecule has 0 radical (unpaired) electrons. The molecule has 0 aliphatic carbocycles. The lowest BCUT2D eigenvalue weighted by Crippen LogP contribution is -2.17. The Morgan fingerprint density at radius 1 is 1.15 bits per heavy atom. The zero-order chi connectivity index (χ0) is 19.2. The van der Waals surface area contributed by atoms with E-state index >= 15 is 0 Å². The van der Waals surface area contributed by atoms with Gasteiger partial charge >= 0.3 is 0 Å². The average molecular weight is 436 g/mol. The molecular weight excluding hydrogens is 414 g/mol. The van der Waals surface area contributed by atoms with Crippen molar-refractivity contribution in [2.75, 3.05) is 32.2 Å². The number of benzene rings is 2. The second-order valence-corrected chi connectivity index (χ2v) is 6.85. The Labute approximate surface area is 166 Å². The highest BCUT2D eigenvalue weighted by Crippen LogP contribution is 2.38. The minimum Gasteiger partial charge on any atom is -0.493 e. The number of unbranched alkanes of at least 4 members (excludes halogenated alkanes) is 1. The highest BCUT2D eigenvalue weighted by molar-refractivity contribution is 9.10. The lowest BCUT2D eigenvalue weighted by molar-refractivity contribution is 0.102. The molecule has 3 rings (SSSR count). The van der Waals surface area contributed by atoms with Crippen LogP contribution in [-0.4, -0.2) is 32.8 Å². The monoisotopic (exact) mass is 435 g/mol. The molecular formula is C20H22BrNO5. The molecule has 0 fully saturated rings. The van der Waals surface area contributed by atoms with Crippen molar-refractivity contribution >= 4 is 27.5 Å². The van der Waals surface area contributed by atoms with Gasteiger partial charge in [-0.05, 0) is 40.5 Å². The Hall–Kier alpha value is -2.41. The van der Waals surface area contributed by atoms with Crippen molar-refractivity contribution in [3.05, 3.63) is 40.4 Å². The van der Waals surface area contributed by atoms with Crippen LogP contribution in [0, 0.1) is 0 Å². The molecule has 0 spiro atoms. The number of anilines is 1. The molecule has 0 saturated heterocycles. The van der Waals surface area contributed by atoms with Gasteiger partial charge in [-0.2, -0.15) is 0 Å². The van der Waals surface area contributed by atoms with Crippen LogP contribution in [0.5, 0.6) is 23.0 Å². The first-order valence-electron chi connectivity index (χ1n) is 8.83. The molecule has 0 bridgehead atoms. The van der Waals surface area contributed by atoms with Gasteiger partial charge in [0.25, 0.3) is 5.91 Å². The smallest absolute Gasteiger partial charge is 0.255 e. The number of carbonyl (C=O) groups excluding carboxylic acids is 1. The molecule has 2 aromatic rings. The third kappa shape index (κ3) is 4.66. The SMILES string of the molecule is CCCCOc1ccc(C(=O)Nc2cc3c(cc2Br)OCCO3)cc1OC. The Morgan fingerprint density at radius 3 is 2.59 bits per heavy atom. The number of carbonyl (C=O) groups is 1. The fourth-order valence-corrected chi connectivity index (χ4v) is 3.03. The highest BCUT2D eigenvalue weighted by atomic mass is 79.9. The number of nitrogens with one attached hydrogen (secondary N) is 1. The maximum atomic E-state index is 12.7. The molecule has 0 saturated carbocycles. The first kappa shape index (κ1) is 19.4. The van der Waals surface area contributed by atoms with Crippen LogP contribution >= 0.6 is 15.9 Å². The third-order valence-corrected chi connectivity index (χ3v) is 4.72. The van der Waals surface area contributed by atoms with Gasteiger partial charge < -0.3 is 24.3 Å². The van der Waals surface area contributed by atoms with Crippen molar-refractivity contribution in [2.45, 2.75) is 19.8 Å². The molecule has 1 heterocycles. The summed E-state index contributed by atoms with van der Waals surface area (Å²) in [5.74, 6) is 2.16. The Bertz CT molecular complexity index is 824. The zero-order valence-corrected chi connectivity index (χ0v) is 16.9. The summed E-state index contributed by atoms with van der Waals surface area (Å²) in [5.41, 5.74) is 1.07. The van der Waals surface area contributed by atoms with E-state index in [0.29, 0.717) is 58.5 Å². The van der Waals surface area contributed by atoms with Crippen molar-refractivity contribution in [2.24, 2.45) is 0 Å². The number of amides is 1. The van der Waals surface area contributed by atoms with E-state index in [1.165, 1.54) is 0 Å². The van der Waals surface area contributed by atoms with Crippen molar-refractivity contribution in [3.63, 3.8) is 0 Å². The minimum absolute atomic E-state index is 0.259. The molecule has 1 aliphatic rings. The number of methoxy groups -OCH3 is 1. The first-order valence-corrected chi connectivity index (χ1v) is 9.63. The fourth-order valence-electron chi connectivity index (χ4n) is 2.61. The summed E-state index contributed by atoms with van der Waals surface area (Å²) in [5, 5.41) is 2.88. The first-order chi connectivity index (χ1) is 13.1. The van der Waals surface area contributed by atoms with Gasteiger partial charge in [0.2, 0.25) is 0 Å². The van der Waals surface area contributed by atoms with Crippen molar-refractivity contribution in [1.29, 1.82) is 0 Å². The second kappa shape index (κ2) is 8.99. The van der Waals surface area contributed by atoms with Crippen LogP contribution < -0.4 is 24.3 Å². The molecule has 2 aromatic carbocycles. The van der Waals surface area contributed by atoms with E-state index in [2.05, 4.69) is 28.2 Å². The van der Waals surface area contributed by atoms with Gasteiger partial charge in [0.15, 0.2) is 23.0 Å². The van der Waals surface area contributed by atoms with E-state index in [9.17, 15) is 4.79 Å². The van der Waals surface area contributed by atoms with Gasteiger partial charge in [0, 0.05) is 22.2 Å². The molecule has 1 N–H and O–H groups in total. The topological polar surface area (TPSA) is 66.0 Å².